The molecule has 0 fully saturated rings. The highest BCUT2D eigenvalue weighted by molar-refractivity contribution is 5.77. The highest BCUT2D eigenvalue weighted by Gasteiger charge is 2.22. The Morgan fingerprint density at radius 2 is 2.35 bits per heavy atom. The number of carboxylic acid groups (broad SMARTS) is 1. The number of rotatable bonds is 4. The van der Waals surface area contributed by atoms with Crippen molar-refractivity contribution in [3.05, 3.63) is 12.1 Å². The van der Waals surface area contributed by atoms with Crippen LogP contribution in [0.1, 0.15) is 13.3 Å². The minimum absolute atomic E-state index is 0.487. The molecule has 0 radical (unpaired) electrons. The summed E-state index contributed by atoms with van der Waals surface area (Å²) in [5.74, 6) is -0.368. The molecule has 1 N–H and O–H groups in total. The van der Waals surface area contributed by atoms with E-state index < -0.39 is 12.0 Å². The highest BCUT2D eigenvalue weighted by atomic mass is 16.4. The van der Waals surface area contributed by atoms with Gasteiger partial charge in [-0.25, -0.2) is 4.79 Å². The third-order valence-electron chi connectivity index (χ3n) is 2.56. The van der Waals surface area contributed by atoms with Crippen molar-refractivity contribution in [3.63, 3.8) is 0 Å². The summed E-state index contributed by atoms with van der Waals surface area (Å²) in [6.07, 6.45) is 0.487. The highest BCUT2D eigenvalue weighted by Crippen LogP contribution is 2.13. The molecule has 8 nitrogen and oxygen atoms in total. The molecule has 0 saturated carbocycles. The summed E-state index contributed by atoms with van der Waals surface area (Å²) in [5.41, 5.74) is 0.519. The van der Waals surface area contributed by atoms with Gasteiger partial charge in [0.1, 0.15) is 6.04 Å². The van der Waals surface area contributed by atoms with Gasteiger partial charge in [0.25, 0.3) is 0 Å². The van der Waals surface area contributed by atoms with Crippen LogP contribution in [0.5, 0.6) is 0 Å². The second-order valence-electron chi connectivity index (χ2n) is 3.59. The molecule has 0 saturated heterocycles. The van der Waals surface area contributed by atoms with Gasteiger partial charge in [0.15, 0.2) is 11.5 Å². The van der Waals surface area contributed by atoms with Crippen LogP contribution in [0.4, 0.5) is 5.82 Å². The molecule has 2 aromatic rings. The Hall–Kier alpha value is -2.25. The molecule has 90 valence electrons. The number of hydrogen-bond acceptors (Lipinski definition) is 6. The SMILES string of the molecule is CCC(C(=O)O)N(C)c1ccc2nnnn2n1. The van der Waals surface area contributed by atoms with E-state index in [2.05, 4.69) is 20.6 Å². The summed E-state index contributed by atoms with van der Waals surface area (Å²) in [6, 6.07) is 2.77. The van der Waals surface area contributed by atoms with E-state index in [0.29, 0.717) is 17.9 Å². The van der Waals surface area contributed by atoms with Gasteiger partial charge >= 0.3 is 5.97 Å². The predicted molar refractivity (Wildman–Crippen MR) is 58.7 cm³/mol. The minimum atomic E-state index is -0.881. The van der Waals surface area contributed by atoms with Crippen molar-refractivity contribution in [2.75, 3.05) is 11.9 Å². The van der Waals surface area contributed by atoms with E-state index >= 15 is 0 Å². The molecule has 0 amide bonds. The van der Waals surface area contributed by atoms with Crippen LogP contribution in [0.3, 0.4) is 0 Å². The van der Waals surface area contributed by atoms with Gasteiger partial charge in [-0.2, -0.15) is 0 Å². The normalized spacial score (nSPS) is 12.6. The average molecular weight is 236 g/mol. The zero-order valence-electron chi connectivity index (χ0n) is 9.48. The van der Waals surface area contributed by atoms with E-state index in [9.17, 15) is 4.79 Å². The van der Waals surface area contributed by atoms with Crippen LogP contribution >= 0.6 is 0 Å². The molecule has 1 atom stereocenters. The predicted octanol–water partition coefficient (Wildman–Crippen LogP) is -0.181. The van der Waals surface area contributed by atoms with Crippen LogP contribution in [0.15, 0.2) is 12.1 Å². The quantitative estimate of drug-likeness (QED) is 0.786. The molecule has 0 aliphatic heterocycles. The van der Waals surface area contributed by atoms with Crippen molar-refractivity contribution in [2.24, 2.45) is 0 Å². The van der Waals surface area contributed by atoms with Gasteiger partial charge in [0.05, 0.1) is 0 Å². The maximum absolute atomic E-state index is 11.0. The van der Waals surface area contributed by atoms with E-state index in [4.69, 9.17) is 5.11 Å². The van der Waals surface area contributed by atoms with Crippen LogP contribution in [-0.2, 0) is 4.79 Å². The monoisotopic (exact) mass is 236 g/mol. The number of aliphatic carboxylic acids is 1. The second-order valence-corrected chi connectivity index (χ2v) is 3.59. The number of hydrogen-bond donors (Lipinski definition) is 1. The zero-order chi connectivity index (χ0) is 12.4. The van der Waals surface area contributed by atoms with Gasteiger partial charge in [-0.05, 0) is 29.0 Å². The molecular weight excluding hydrogens is 224 g/mol. The van der Waals surface area contributed by atoms with Gasteiger partial charge in [-0.3, -0.25) is 0 Å². The Bertz CT molecular complexity index is 539. The molecule has 0 bridgehead atoms. The third-order valence-corrected chi connectivity index (χ3v) is 2.56. The van der Waals surface area contributed by atoms with Crippen LogP contribution in [0.25, 0.3) is 5.65 Å². The maximum atomic E-state index is 11.0. The smallest absolute Gasteiger partial charge is 0.326 e. The van der Waals surface area contributed by atoms with Gasteiger partial charge in [0, 0.05) is 7.05 Å². The molecule has 0 aromatic carbocycles. The Labute approximate surface area is 96.8 Å². The molecule has 2 rings (SSSR count). The van der Waals surface area contributed by atoms with Crippen molar-refractivity contribution in [2.45, 2.75) is 19.4 Å². The summed E-state index contributed by atoms with van der Waals surface area (Å²) in [5, 5.41) is 24.0. The second kappa shape index (κ2) is 4.32. The van der Waals surface area contributed by atoms with Gasteiger partial charge in [-0.15, -0.1) is 14.8 Å². The van der Waals surface area contributed by atoms with Gasteiger partial charge < -0.3 is 10.0 Å². The van der Waals surface area contributed by atoms with Crippen molar-refractivity contribution in [1.82, 2.24) is 25.3 Å². The fourth-order valence-corrected chi connectivity index (χ4v) is 1.60. The fourth-order valence-electron chi connectivity index (χ4n) is 1.60. The number of carbonyl (C=O) groups is 1. The molecule has 0 aliphatic carbocycles. The molecular formula is C9H12N6O2. The van der Waals surface area contributed by atoms with Gasteiger partial charge in [0.2, 0.25) is 0 Å². The first-order chi connectivity index (χ1) is 8.13. The van der Waals surface area contributed by atoms with Gasteiger partial charge in [-0.1, -0.05) is 6.92 Å². The van der Waals surface area contributed by atoms with E-state index in [0.717, 1.165) is 0 Å². The van der Waals surface area contributed by atoms with Crippen LogP contribution in [0.2, 0.25) is 0 Å². The standard InChI is InChI=1S/C9H12N6O2/c1-3-6(9(16)17)14(2)8-5-4-7-10-12-13-15(7)11-8/h4-6H,3H2,1-2H3,(H,16,17). The molecule has 0 aliphatic rings. The lowest BCUT2D eigenvalue weighted by Gasteiger charge is -2.24. The summed E-state index contributed by atoms with van der Waals surface area (Å²) in [4.78, 5) is 12.6. The van der Waals surface area contributed by atoms with Crippen LogP contribution < -0.4 is 4.90 Å². The fraction of sp³-hybridized carbons (Fsp3) is 0.444. The largest absolute Gasteiger partial charge is 0.480 e. The van der Waals surface area contributed by atoms with Crippen molar-refractivity contribution >= 4 is 17.4 Å². The molecule has 2 aromatic heterocycles. The third kappa shape index (κ3) is 2.01. The van der Waals surface area contributed by atoms with E-state index in [1.165, 1.54) is 4.63 Å². The molecule has 8 heteroatoms. The number of likely N-dealkylation sites (N-methyl/N-ethyl adjacent to an activating group) is 1. The van der Waals surface area contributed by atoms with E-state index in [1.54, 1.807) is 24.1 Å². The first-order valence-corrected chi connectivity index (χ1v) is 5.14. The zero-order valence-corrected chi connectivity index (χ0v) is 9.48. The summed E-state index contributed by atoms with van der Waals surface area (Å²) >= 11 is 0. The first kappa shape index (κ1) is 11.2. The Balaban J connectivity index is 2.34. The Kier molecular flexibility index (Phi) is 2.86. The maximum Gasteiger partial charge on any atom is 0.326 e. The average Bonchev–Trinajstić information content (AvgIpc) is 2.75. The number of carboxylic acids is 1. The number of anilines is 1. The Morgan fingerprint density at radius 1 is 1.59 bits per heavy atom. The molecule has 0 spiro atoms. The lowest BCUT2D eigenvalue weighted by Crippen LogP contribution is -2.38. The van der Waals surface area contributed by atoms with Crippen LogP contribution in [0, 0.1) is 0 Å². The topological polar surface area (TPSA) is 96.5 Å². The summed E-state index contributed by atoms with van der Waals surface area (Å²) < 4.78 is 1.26. The van der Waals surface area contributed by atoms with E-state index in [1.807, 2.05) is 6.92 Å². The van der Waals surface area contributed by atoms with Crippen molar-refractivity contribution in [3.8, 4) is 0 Å². The lowest BCUT2D eigenvalue weighted by atomic mass is 10.2. The summed E-state index contributed by atoms with van der Waals surface area (Å²) in [7, 11) is 1.68. The number of fused-ring (bicyclic) bond motifs is 1. The van der Waals surface area contributed by atoms with E-state index in [-0.39, 0.29) is 0 Å². The number of nitrogens with zero attached hydrogens (tertiary/aromatic N) is 6. The molecule has 1 unspecified atom stereocenters. The molecule has 2 heterocycles. The number of aromatic nitrogens is 5. The Morgan fingerprint density at radius 3 is 3.00 bits per heavy atom. The molecule has 17 heavy (non-hydrogen) atoms. The van der Waals surface area contributed by atoms with Crippen molar-refractivity contribution < 1.29 is 9.90 Å². The lowest BCUT2D eigenvalue weighted by molar-refractivity contribution is -0.138. The first-order valence-electron chi connectivity index (χ1n) is 5.14. The summed E-state index contributed by atoms with van der Waals surface area (Å²) in [6.45, 7) is 1.81. The number of tetrazole rings is 1. The van der Waals surface area contributed by atoms with Crippen LogP contribution in [-0.4, -0.2) is 49.4 Å². The minimum Gasteiger partial charge on any atom is -0.480 e. The van der Waals surface area contributed by atoms with Crippen molar-refractivity contribution in [1.29, 1.82) is 0 Å².